The average molecular weight is 552 g/mol. The van der Waals surface area contributed by atoms with Crippen molar-refractivity contribution in [2.24, 2.45) is 0 Å². The Morgan fingerprint density at radius 2 is 1.85 bits per heavy atom. The number of carboxylic acid groups (broad SMARTS) is 1. The van der Waals surface area contributed by atoms with Crippen molar-refractivity contribution in [1.82, 2.24) is 10.3 Å². The van der Waals surface area contributed by atoms with Crippen LogP contribution in [0.25, 0.3) is 0 Å². The molecule has 0 bridgehead atoms. The quantitative estimate of drug-likeness (QED) is 0.0802. The smallest absolute Gasteiger partial charge is 0.337 e. The number of carbonyl (C=O) groups is 1. The minimum Gasteiger partial charge on any atom is -0.478 e. The second-order valence-electron chi connectivity index (χ2n) is 10.9. The first-order valence-electron chi connectivity index (χ1n) is 15.2. The van der Waals surface area contributed by atoms with E-state index in [0.29, 0.717) is 18.2 Å². The molecule has 5 nitrogen and oxygen atoms in total. The molecule has 1 aliphatic heterocycles. The van der Waals surface area contributed by atoms with Gasteiger partial charge in [0.15, 0.2) is 0 Å². The summed E-state index contributed by atoms with van der Waals surface area (Å²) in [5, 5.41) is 16.3. The number of aromatic carboxylic acids is 1. The van der Waals surface area contributed by atoms with Crippen LogP contribution >= 0.6 is 12.6 Å². The maximum Gasteiger partial charge on any atom is 0.337 e. The lowest BCUT2D eigenvalue weighted by molar-refractivity contribution is 0.0697. The Balaban J connectivity index is 1.41. The predicted molar refractivity (Wildman–Crippen MR) is 167 cm³/mol. The Kier molecular flexibility index (Phi) is 14.5. The largest absolute Gasteiger partial charge is 0.478 e. The van der Waals surface area contributed by atoms with E-state index < -0.39 is 5.97 Å². The lowest BCUT2D eigenvalue weighted by Gasteiger charge is -2.29. The fourth-order valence-electron chi connectivity index (χ4n) is 5.51. The van der Waals surface area contributed by atoms with E-state index in [1.54, 1.807) is 6.20 Å². The molecular formula is C33H49N3O2S. The lowest BCUT2D eigenvalue weighted by Crippen LogP contribution is -2.34. The van der Waals surface area contributed by atoms with Gasteiger partial charge in [-0.15, -0.1) is 0 Å². The number of aromatic nitrogens is 1. The van der Waals surface area contributed by atoms with Crippen LogP contribution in [0.2, 0.25) is 0 Å². The molecule has 1 aromatic heterocycles. The van der Waals surface area contributed by atoms with Gasteiger partial charge in [-0.25, -0.2) is 4.79 Å². The van der Waals surface area contributed by atoms with Gasteiger partial charge in [0.1, 0.15) is 0 Å². The number of nitrogens with zero attached hydrogens (tertiary/aromatic N) is 1. The Hall–Kier alpha value is -2.31. The second-order valence-corrected chi connectivity index (χ2v) is 11.2. The number of nitrogens with one attached hydrogen (secondary N) is 2. The third kappa shape index (κ3) is 10.6. The van der Waals surface area contributed by atoms with E-state index in [9.17, 15) is 9.90 Å². The number of hydrogen-bond acceptors (Lipinski definition) is 5. The fourth-order valence-corrected chi connectivity index (χ4v) is 5.91. The van der Waals surface area contributed by atoms with Crippen LogP contribution in [0.1, 0.15) is 123 Å². The minimum atomic E-state index is -0.945. The Bertz CT molecular complexity index is 1030. The number of allylic oxidation sites excluding steroid dienone is 2. The molecule has 3 N–H and O–H groups in total. The first kappa shape index (κ1) is 31.2. The number of pyridine rings is 1. The molecule has 3 rings (SSSR count). The molecule has 0 aliphatic carbocycles. The highest BCUT2D eigenvalue weighted by Gasteiger charge is 2.22. The summed E-state index contributed by atoms with van der Waals surface area (Å²) in [6, 6.07) is 8.59. The number of carboxylic acids is 1. The average Bonchev–Trinajstić information content (AvgIpc) is 2.96. The molecule has 6 heteroatoms. The molecule has 1 aliphatic rings. The summed E-state index contributed by atoms with van der Waals surface area (Å²) in [5.74, 6) is 0.417. The SMILES string of the molecule is CCCCCCCC/C=C\CCCCCC(CS)c1ccc2c(c1)CCN[C@H]2CNc1cnccc1C(=O)O. The van der Waals surface area contributed by atoms with Gasteiger partial charge < -0.3 is 15.7 Å². The summed E-state index contributed by atoms with van der Waals surface area (Å²) < 4.78 is 0. The molecule has 0 saturated heterocycles. The molecule has 1 aromatic carbocycles. The maximum atomic E-state index is 11.5. The summed E-state index contributed by atoms with van der Waals surface area (Å²) in [4.78, 5) is 15.6. The van der Waals surface area contributed by atoms with E-state index in [1.165, 1.54) is 106 Å². The molecule has 39 heavy (non-hydrogen) atoms. The van der Waals surface area contributed by atoms with Gasteiger partial charge in [-0.3, -0.25) is 4.98 Å². The van der Waals surface area contributed by atoms with Gasteiger partial charge in [-0.1, -0.05) is 82.2 Å². The van der Waals surface area contributed by atoms with E-state index in [0.717, 1.165) is 18.7 Å². The van der Waals surface area contributed by atoms with E-state index in [2.05, 4.69) is 52.9 Å². The number of unbranched alkanes of at least 4 members (excludes halogenated alkanes) is 9. The molecule has 0 saturated carbocycles. The van der Waals surface area contributed by atoms with Crippen LogP contribution in [0.3, 0.4) is 0 Å². The third-order valence-electron chi connectivity index (χ3n) is 7.88. The zero-order valence-corrected chi connectivity index (χ0v) is 24.7. The number of hydrogen-bond donors (Lipinski definition) is 4. The molecular weight excluding hydrogens is 502 g/mol. The van der Waals surface area contributed by atoms with Crippen molar-refractivity contribution in [3.05, 3.63) is 71.1 Å². The molecule has 2 aromatic rings. The summed E-state index contributed by atoms with van der Waals surface area (Å²) in [5.41, 5.74) is 4.89. The van der Waals surface area contributed by atoms with E-state index in [-0.39, 0.29) is 11.6 Å². The van der Waals surface area contributed by atoms with Crippen LogP contribution in [0.4, 0.5) is 5.69 Å². The molecule has 0 spiro atoms. The topological polar surface area (TPSA) is 74.2 Å². The first-order chi connectivity index (χ1) is 19.1. The molecule has 2 atom stereocenters. The van der Waals surface area contributed by atoms with Crippen LogP contribution in [0, 0.1) is 0 Å². The van der Waals surface area contributed by atoms with Crippen LogP contribution in [0.5, 0.6) is 0 Å². The molecule has 1 unspecified atom stereocenters. The second kappa shape index (κ2) is 18.1. The fraction of sp³-hybridized carbons (Fsp3) is 0.576. The van der Waals surface area contributed by atoms with E-state index >= 15 is 0 Å². The zero-order chi connectivity index (χ0) is 27.7. The Labute approximate surface area is 241 Å². The predicted octanol–water partition coefficient (Wildman–Crippen LogP) is 8.35. The summed E-state index contributed by atoms with van der Waals surface area (Å²) in [7, 11) is 0. The van der Waals surface area contributed by atoms with Crippen LogP contribution in [-0.2, 0) is 6.42 Å². The van der Waals surface area contributed by atoms with Crippen molar-refractivity contribution in [2.75, 3.05) is 24.2 Å². The molecule has 0 fully saturated rings. The Morgan fingerprint density at radius 1 is 1.10 bits per heavy atom. The van der Waals surface area contributed by atoms with Gasteiger partial charge in [-0.05, 0) is 79.5 Å². The van der Waals surface area contributed by atoms with Crippen LogP contribution in [0.15, 0.2) is 48.8 Å². The van der Waals surface area contributed by atoms with Crippen molar-refractivity contribution < 1.29 is 9.90 Å². The highest BCUT2D eigenvalue weighted by atomic mass is 32.1. The van der Waals surface area contributed by atoms with Crippen LogP contribution in [-0.4, -0.2) is 34.9 Å². The summed E-state index contributed by atoms with van der Waals surface area (Å²) in [6.45, 7) is 3.80. The van der Waals surface area contributed by atoms with Crippen molar-refractivity contribution in [3.8, 4) is 0 Å². The summed E-state index contributed by atoms with van der Waals surface area (Å²) in [6.07, 6.45) is 24.6. The summed E-state index contributed by atoms with van der Waals surface area (Å²) >= 11 is 4.70. The standard InChI is InChI=1S/C33H49N3O2S/c1-2-3-4-5-6-7-8-9-10-11-12-13-14-15-28(25-39)26-16-17-29-27(22-26)18-21-35-32(29)24-36-31-23-34-20-19-30(31)33(37)38/h9-10,16-17,19-20,22-23,28,32,35-36,39H,2-8,11-15,18,21,24-25H2,1H3,(H,37,38)/b10-9-/t28?,32-/m0/s1. The lowest BCUT2D eigenvalue weighted by atomic mass is 9.87. The van der Waals surface area contributed by atoms with Gasteiger partial charge in [0.2, 0.25) is 0 Å². The van der Waals surface area contributed by atoms with Crippen LogP contribution < -0.4 is 10.6 Å². The molecule has 214 valence electrons. The molecule has 2 heterocycles. The van der Waals surface area contributed by atoms with Gasteiger partial charge in [0, 0.05) is 18.8 Å². The van der Waals surface area contributed by atoms with Gasteiger partial charge >= 0.3 is 5.97 Å². The van der Waals surface area contributed by atoms with E-state index in [1.807, 2.05) is 0 Å². The number of thiol groups is 1. The molecule has 0 amide bonds. The third-order valence-corrected chi connectivity index (χ3v) is 8.32. The highest BCUT2D eigenvalue weighted by molar-refractivity contribution is 7.80. The Morgan fingerprint density at radius 3 is 2.59 bits per heavy atom. The van der Waals surface area contributed by atoms with Gasteiger partial charge in [0.05, 0.1) is 17.4 Å². The number of rotatable bonds is 19. The number of anilines is 1. The van der Waals surface area contributed by atoms with Crippen molar-refractivity contribution in [3.63, 3.8) is 0 Å². The van der Waals surface area contributed by atoms with Crippen molar-refractivity contribution >= 4 is 24.3 Å². The van der Waals surface area contributed by atoms with Crippen molar-refractivity contribution in [2.45, 2.75) is 102 Å². The highest BCUT2D eigenvalue weighted by Crippen LogP contribution is 2.30. The van der Waals surface area contributed by atoms with E-state index in [4.69, 9.17) is 12.6 Å². The maximum absolute atomic E-state index is 11.5. The normalized spacial score (nSPS) is 15.8. The van der Waals surface area contributed by atoms with Gasteiger partial charge in [-0.2, -0.15) is 12.6 Å². The monoisotopic (exact) mass is 551 g/mol. The first-order valence-corrected chi connectivity index (χ1v) is 15.8. The minimum absolute atomic E-state index is 0.133. The van der Waals surface area contributed by atoms with Crippen molar-refractivity contribution in [1.29, 1.82) is 0 Å². The number of fused-ring (bicyclic) bond motifs is 1. The van der Waals surface area contributed by atoms with Gasteiger partial charge in [0.25, 0.3) is 0 Å². The number of benzene rings is 1. The molecule has 0 radical (unpaired) electrons. The zero-order valence-electron chi connectivity index (χ0n) is 23.8.